The van der Waals surface area contributed by atoms with Crippen LogP contribution in [-0.4, -0.2) is 22.7 Å². The van der Waals surface area contributed by atoms with Gasteiger partial charge in [-0.3, -0.25) is 4.79 Å². The number of aliphatic hydroxyl groups excluding tert-OH is 1. The minimum Gasteiger partial charge on any atom is -0.387 e. The molecule has 0 bridgehead atoms. The quantitative estimate of drug-likeness (QED) is 0.890. The summed E-state index contributed by atoms with van der Waals surface area (Å²) < 4.78 is 5.08. The molecule has 0 saturated heterocycles. The molecule has 0 fully saturated rings. The van der Waals surface area contributed by atoms with Crippen molar-refractivity contribution in [2.75, 3.05) is 6.54 Å². The number of amides is 1. The second-order valence-electron chi connectivity index (χ2n) is 4.67. The second kappa shape index (κ2) is 6.74. The molecule has 1 atom stereocenters. The Morgan fingerprint density at radius 3 is 2.86 bits per heavy atom. The van der Waals surface area contributed by atoms with Crippen molar-refractivity contribution in [2.45, 2.75) is 26.4 Å². The predicted octanol–water partition coefficient (Wildman–Crippen LogP) is 2.66. The molecule has 112 valence electrons. The van der Waals surface area contributed by atoms with Gasteiger partial charge in [0.25, 0.3) is 5.91 Å². The van der Waals surface area contributed by atoms with E-state index in [1.807, 2.05) is 6.92 Å². The standard InChI is InChI=1S/C15H17ClN2O3/c1-3-13-14(9(2)18-21-13)15(20)17-8-12(19)10-6-4-5-7-11(10)16/h4-7,12,19H,3,8H2,1-2H3,(H,17,20). The van der Waals surface area contributed by atoms with Gasteiger partial charge in [-0.1, -0.05) is 41.9 Å². The third-order valence-electron chi connectivity index (χ3n) is 3.20. The minimum atomic E-state index is -0.868. The number of halogens is 1. The molecule has 0 spiro atoms. The van der Waals surface area contributed by atoms with E-state index in [2.05, 4.69) is 10.5 Å². The third kappa shape index (κ3) is 3.43. The van der Waals surface area contributed by atoms with Crippen LogP contribution in [0.2, 0.25) is 5.02 Å². The third-order valence-corrected chi connectivity index (χ3v) is 3.55. The van der Waals surface area contributed by atoms with Gasteiger partial charge in [0.15, 0.2) is 0 Å². The highest BCUT2D eigenvalue weighted by Crippen LogP contribution is 2.22. The normalized spacial score (nSPS) is 12.2. The summed E-state index contributed by atoms with van der Waals surface area (Å²) in [7, 11) is 0. The first kappa shape index (κ1) is 15.5. The molecular formula is C15H17ClN2O3. The number of nitrogens with zero attached hydrogens (tertiary/aromatic N) is 1. The van der Waals surface area contributed by atoms with Crippen molar-refractivity contribution in [3.63, 3.8) is 0 Å². The van der Waals surface area contributed by atoms with E-state index in [-0.39, 0.29) is 12.5 Å². The van der Waals surface area contributed by atoms with Gasteiger partial charge >= 0.3 is 0 Å². The summed E-state index contributed by atoms with van der Waals surface area (Å²) in [5.74, 6) is 0.230. The lowest BCUT2D eigenvalue weighted by Crippen LogP contribution is -2.29. The Kier molecular flexibility index (Phi) is 4.98. The van der Waals surface area contributed by atoms with Gasteiger partial charge in [-0.05, 0) is 13.0 Å². The number of rotatable bonds is 5. The lowest BCUT2D eigenvalue weighted by molar-refractivity contribution is 0.0914. The Morgan fingerprint density at radius 2 is 2.19 bits per heavy atom. The highest BCUT2D eigenvalue weighted by Gasteiger charge is 2.20. The smallest absolute Gasteiger partial charge is 0.256 e. The first-order chi connectivity index (χ1) is 10.0. The Morgan fingerprint density at radius 1 is 1.48 bits per heavy atom. The van der Waals surface area contributed by atoms with Crippen molar-refractivity contribution in [1.29, 1.82) is 0 Å². The maximum Gasteiger partial charge on any atom is 0.256 e. The monoisotopic (exact) mass is 308 g/mol. The van der Waals surface area contributed by atoms with Crippen LogP contribution in [0.3, 0.4) is 0 Å². The maximum atomic E-state index is 12.2. The topological polar surface area (TPSA) is 75.4 Å². The van der Waals surface area contributed by atoms with Gasteiger partial charge in [0.05, 0.1) is 11.8 Å². The van der Waals surface area contributed by atoms with Gasteiger partial charge in [0.1, 0.15) is 11.3 Å². The largest absolute Gasteiger partial charge is 0.387 e. The van der Waals surface area contributed by atoms with E-state index in [9.17, 15) is 9.90 Å². The van der Waals surface area contributed by atoms with E-state index in [0.29, 0.717) is 34.0 Å². The molecule has 1 aromatic heterocycles. The summed E-state index contributed by atoms with van der Waals surface area (Å²) in [4.78, 5) is 12.2. The molecule has 1 aromatic carbocycles. The number of carbonyl (C=O) groups excluding carboxylic acids is 1. The molecule has 0 radical (unpaired) electrons. The van der Waals surface area contributed by atoms with Crippen LogP contribution in [-0.2, 0) is 6.42 Å². The Balaban J connectivity index is 2.04. The number of nitrogens with one attached hydrogen (secondary N) is 1. The molecule has 21 heavy (non-hydrogen) atoms. The van der Waals surface area contributed by atoms with Crippen molar-refractivity contribution < 1.29 is 14.4 Å². The van der Waals surface area contributed by atoms with Crippen molar-refractivity contribution >= 4 is 17.5 Å². The molecule has 1 amide bonds. The summed E-state index contributed by atoms with van der Waals surface area (Å²) in [6.45, 7) is 3.66. The lowest BCUT2D eigenvalue weighted by atomic mass is 10.1. The highest BCUT2D eigenvalue weighted by atomic mass is 35.5. The fourth-order valence-corrected chi connectivity index (χ4v) is 2.34. The van der Waals surface area contributed by atoms with Crippen LogP contribution < -0.4 is 5.32 Å². The van der Waals surface area contributed by atoms with Gasteiger partial charge < -0.3 is 14.9 Å². The van der Waals surface area contributed by atoms with Crippen LogP contribution in [0.5, 0.6) is 0 Å². The molecule has 5 nitrogen and oxygen atoms in total. The first-order valence-corrected chi connectivity index (χ1v) is 7.08. The zero-order valence-electron chi connectivity index (χ0n) is 11.9. The molecule has 2 N–H and O–H groups in total. The van der Waals surface area contributed by atoms with Crippen molar-refractivity contribution in [2.24, 2.45) is 0 Å². The van der Waals surface area contributed by atoms with E-state index in [1.165, 1.54) is 0 Å². The molecule has 0 saturated carbocycles. The SMILES string of the molecule is CCc1onc(C)c1C(=O)NCC(O)c1ccccc1Cl. The molecule has 2 aromatic rings. The second-order valence-corrected chi connectivity index (χ2v) is 5.07. The van der Waals surface area contributed by atoms with E-state index < -0.39 is 6.10 Å². The van der Waals surface area contributed by atoms with Crippen LogP contribution in [0.4, 0.5) is 0 Å². The number of carbonyl (C=O) groups is 1. The van der Waals surface area contributed by atoms with Crippen LogP contribution in [0.25, 0.3) is 0 Å². The Hall–Kier alpha value is -1.85. The number of aliphatic hydroxyl groups is 1. The van der Waals surface area contributed by atoms with Crippen LogP contribution in [0, 0.1) is 6.92 Å². The van der Waals surface area contributed by atoms with E-state index >= 15 is 0 Å². The van der Waals surface area contributed by atoms with Gasteiger partial charge in [-0.25, -0.2) is 0 Å². The summed E-state index contributed by atoms with van der Waals surface area (Å²) in [6.07, 6.45) is -0.288. The molecule has 0 aliphatic carbocycles. The fourth-order valence-electron chi connectivity index (χ4n) is 2.08. The summed E-state index contributed by atoms with van der Waals surface area (Å²) in [5.41, 5.74) is 1.55. The summed E-state index contributed by atoms with van der Waals surface area (Å²) in [5, 5.41) is 17.0. The average molecular weight is 309 g/mol. The van der Waals surface area contributed by atoms with Gasteiger partial charge in [-0.2, -0.15) is 0 Å². The molecule has 6 heteroatoms. The van der Waals surface area contributed by atoms with Crippen LogP contribution in [0.1, 0.15) is 40.4 Å². The number of hydrogen-bond donors (Lipinski definition) is 2. The van der Waals surface area contributed by atoms with Crippen LogP contribution in [0.15, 0.2) is 28.8 Å². The molecule has 0 aliphatic heterocycles. The van der Waals surface area contributed by atoms with E-state index in [0.717, 1.165) is 0 Å². The lowest BCUT2D eigenvalue weighted by Gasteiger charge is -2.13. The van der Waals surface area contributed by atoms with Gasteiger partial charge in [0.2, 0.25) is 0 Å². The Labute approximate surface area is 127 Å². The summed E-state index contributed by atoms with van der Waals surface area (Å²) >= 11 is 6.01. The fraction of sp³-hybridized carbons (Fsp3) is 0.333. The number of aromatic nitrogens is 1. The predicted molar refractivity (Wildman–Crippen MR) is 79.4 cm³/mol. The van der Waals surface area contributed by atoms with Crippen LogP contribution >= 0.6 is 11.6 Å². The number of aryl methyl sites for hydroxylation is 2. The zero-order valence-corrected chi connectivity index (χ0v) is 12.6. The molecular weight excluding hydrogens is 292 g/mol. The van der Waals surface area contributed by atoms with E-state index in [1.54, 1.807) is 31.2 Å². The number of benzene rings is 1. The maximum absolute atomic E-state index is 12.2. The van der Waals surface area contributed by atoms with Gasteiger partial charge in [0, 0.05) is 23.6 Å². The van der Waals surface area contributed by atoms with Crippen molar-refractivity contribution in [3.8, 4) is 0 Å². The minimum absolute atomic E-state index is 0.0658. The van der Waals surface area contributed by atoms with E-state index in [4.69, 9.17) is 16.1 Å². The Bertz CT molecular complexity index is 640. The average Bonchev–Trinajstić information content (AvgIpc) is 2.86. The molecule has 1 unspecified atom stereocenters. The molecule has 2 rings (SSSR count). The van der Waals surface area contributed by atoms with Crippen molar-refractivity contribution in [3.05, 3.63) is 51.9 Å². The number of hydrogen-bond acceptors (Lipinski definition) is 4. The summed E-state index contributed by atoms with van der Waals surface area (Å²) in [6, 6.07) is 6.99. The highest BCUT2D eigenvalue weighted by molar-refractivity contribution is 6.31. The van der Waals surface area contributed by atoms with Crippen molar-refractivity contribution in [1.82, 2.24) is 10.5 Å². The first-order valence-electron chi connectivity index (χ1n) is 6.70. The van der Waals surface area contributed by atoms with Gasteiger partial charge in [-0.15, -0.1) is 0 Å². The zero-order chi connectivity index (χ0) is 15.4. The molecule has 0 aliphatic rings. The molecule has 1 heterocycles.